The van der Waals surface area contributed by atoms with Crippen LogP contribution < -0.4 is 0 Å². The summed E-state index contributed by atoms with van der Waals surface area (Å²) >= 11 is 0. The molecule has 1 aliphatic rings. The van der Waals surface area contributed by atoms with Crippen molar-refractivity contribution in [1.82, 2.24) is 0 Å². The third-order valence-corrected chi connectivity index (χ3v) is 2.15. The Labute approximate surface area is 82.0 Å². The van der Waals surface area contributed by atoms with Gasteiger partial charge >= 0.3 is 0 Å². The third kappa shape index (κ3) is 6.39. The topological polar surface area (TPSA) is 0 Å². The first kappa shape index (κ1) is 10.3. The Kier molecular flexibility index (Phi) is 6.22. The zero-order valence-electron chi connectivity index (χ0n) is 8.28. The molecule has 71 valence electrons. The molecule has 0 heterocycles. The predicted octanol–water partition coefficient (Wildman–Crippen LogP) is 4.21. The molecular weight excluding hydrogens is 156 g/mol. The number of rotatable bonds is 0. The van der Waals surface area contributed by atoms with E-state index in [4.69, 9.17) is 0 Å². The van der Waals surface area contributed by atoms with E-state index in [-0.39, 0.29) is 0 Å². The summed E-state index contributed by atoms with van der Waals surface area (Å²) in [5.41, 5.74) is 0. The van der Waals surface area contributed by atoms with Gasteiger partial charge in [-0.1, -0.05) is 42.9 Å². The Morgan fingerprint density at radius 3 is 2.00 bits per heavy atom. The van der Waals surface area contributed by atoms with Gasteiger partial charge in [0.2, 0.25) is 0 Å². The lowest BCUT2D eigenvalue weighted by atomic mass is 10.1. The van der Waals surface area contributed by atoms with E-state index >= 15 is 0 Å². The minimum absolute atomic E-state index is 1.16. The van der Waals surface area contributed by atoms with Crippen LogP contribution in [0.5, 0.6) is 0 Å². The normalized spacial score (nSPS) is 20.3. The molecule has 0 atom stereocenters. The molecule has 0 saturated heterocycles. The van der Waals surface area contributed by atoms with Crippen LogP contribution in [-0.4, -0.2) is 0 Å². The molecule has 1 rings (SSSR count). The quantitative estimate of drug-likeness (QED) is 0.517. The Balaban J connectivity index is 2.28. The van der Waals surface area contributed by atoms with Gasteiger partial charge in [-0.25, -0.2) is 0 Å². The van der Waals surface area contributed by atoms with E-state index < -0.39 is 0 Å². The highest BCUT2D eigenvalue weighted by molar-refractivity contribution is 5.04. The monoisotopic (exact) mass is 175 g/mol. The van der Waals surface area contributed by atoms with Gasteiger partial charge in [0.15, 0.2) is 0 Å². The number of hydrogen-bond acceptors (Lipinski definition) is 0. The molecular formula is C13H19. The summed E-state index contributed by atoms with van der Waals surface area (Å²) in [5, 5.41) is 0. The highest BCUT2D eigenvalue weighted by atomic mass is 13.9. The molecule has 1 radical (unpaired) electrons. The molecule has 0 nitrogen and oxygen atoms in total. The third-order valence-electron chi connectivity index (χ3n) is 2.15. The van der Waals surface area contributed by atoms with E-state index in [1.807, 2.05) is 0 Å². The van der Waals surface area contributed by atoms with Crippen LogP contribution in [0.2, 0.25) is 0 Å². The fourth-order valence-corrected chi connectivity index (χ4v) is 1.36. The van der Waals surface area contributed by atoms with Crippen LogP contribution in [0.3, 0.4) is 0 Å². The van der Waals surface area contributed by atoms with E-state index in [1.165, 1.54) is 32.1 Å². The average Bonchev–Trinajstić information content (AvgIpc) is 2.18. The first-order valence-electron chi connectivity index (χ1n) is 5.30. The van der Waals surface area contributed by atoms with E-state index in [9.17, 15) is 0 Å². The maximum Gasteiger partial charge on any atom is -0.0171 e. The van der Waals surface area contributed by atoms with E-state index in [2.05, 4.69) is 42.9 Å². The lowest BCUT2D eigenvalue weighted by molar-refractivity contribution is 0.747. The molecule has 0 saturated carbocycles. The van der Waals surface area contributed by atoms with Crippen molar-refractivity contribution in [1.29, 1.82) is 0 Å². The second kappa shape index (κ2) is 7.85. The highest BCUT2D eigenvalue weighted by Crippen LogP contribution is 2.05. The first-order valence-corrected chi connectivity index (χ1v) is 5.30. The molecule has 0 N–H and O–H groups in total. The second-order valence-corrected chi connectivity index (χ2v) is 3.38. The van der Waals surface area contributed by atoms with E-state index in [0.29, 0.717) is 0 Å². The van der Waals surface area contributed by atoms with Gasteiger partial charge in [-0.15, -0.1) is 0 Å². The van der Waals surface area contributed by atoms with Crippen molar-refractivity contribution < 1.29 is 0 Å². The van der Waals surface area contributed by atoms with Crippen LogP contribution in [0.15, 0.2) is 36.5 Å². The summed E-state index contributed by atoms with van der Waals surface area (Å²) in [6.07, 6.45) is 23.0. The smallest absolute Gasteiger partial charge is 0.0171 e. The van der Waals surface area contributed by atoms with Gasteiger partial charge in [-0.2, -0.15) is 0 Å². The number of allylic oxidation sites excluding steroid dienone is 6. The Bertz CT molecular complexity index is 184. The lowest BCUT2D eigenvalue weighted by Gasteiger charge is -1.93. The predicted molar refractivity (Wildman–Crippen MR) is 59.4 cm³/mol. The van der Waals surface area contributed by atoms with Gasteiger partial charge in [0.25, 0.3) is 0 Å². The maximum absolute atomic E-state index is 2.28. The van der Waals surface area contributed by atoms with Crippen molar-refractivity contribution in [3.05, 3.63) is 42.9 Å². The zero-order valence-corrected chi connectivity index (χ0v) is 8.28. The van der Waals surface area contributed by atoms with Crippen LogP contribution in [-0.2, 0) is 0 Å². The van der Waals surface area contributed by atoms with Crippen molar-refractivity contribution in [2.45, 2.75) is 38.5 Å². The highest BCUT2D eigenvalue weighted by Gasteiger charge is 1.86. The molecule has 0 aromatic heterocycles. The molecule has 0 aromatic rings. The Morgan fingerprint density at radius 1 is 0.538 bits per heavy atom. The fraction of sp³-hybridized carbons (Fsp3) is 0.462. The van der Waals surface area contributed by atoms with Crippen molar-refractivity contribution in [2.75, 3.05) is 0 Å². The van der Waals surface area contributed by atoms with Gasteiger partial charge in [-0.05, 0) is 38.5 Å². The van der Waals surface area contributed by atoms with Crippen molar-refractivity contribution in [3.63, 3.8) is 0 Å². The van der Waals surface area contributed by atoms with Gasteiger partial charge in [0, 0.05) is 0 Å². The summed E-state index contributed by atoms with van der Waals surface area (Å²) in [4.78, 5) is 0. The molecule has 0 fully saturated rings. The largest absolute Gasteiger partial charge is 0.0879 e. The summed E-state index contributed by atoms with van der Waals surface area (Å²) in [6.45, 7) is 0. The Hall–Kier alpha value is -0.780. The molecule has 0 bridgehead atoms. The summed E-state index contributed by atoms with van der Waals surface area (Å²) in [5.74, 6) is 0. The van der Waals surface area contributed by atoms with Crippen molar-refractivity contribution in [3.8, 4) is 0 Å². The standard InChI is InChI=1S/C13H19/c1-2-4-6-8-10-12-13-11-9-7-5-3-1/h1-4,9,11,13H,5-8,10,12H2. The summed E-state index contributed by atoms with van der Waals surface area (Å²) in [6, 6.07) is 0. The Morgan fingerprint density at radius 2 is 1.15 bits per heavy atom. The molecule has 0 aliphatic heterocycles. The molecule has 0 amide bonds. The zero-order chi connectivity index (χ0) is 9.19. The van der Waals surface area contributed by atoms with Crippen LogP contribution >= 0.6 is 0 Å². The molecule has 0 unspecified atom stereocenters. The van der Waals surface area contributed by atoms with Gasteiger partial charge in [0.1, 0.15) is 0 Å². The van der Waals surface area contributed by atoms with Crippen molar-refractivity contribution in [2.24, 2.45) is 0 Å². The summed E-state index contributed by atoms with van der Waals surface area (Å²) < 4.78 is 0. The van der Waals surface area contributed by atoms with Gasteiger partial charge in [0.05, 0.1) is 0 Å². The minimum atomic E-state index is 1.16. The average molecular weight is 175 g/mol. The van der Waals surface area contributed by atoms with Crippen LogP contribution in [0.4, 0.5) is 0 Å². The first-order chi connectivity index (χ1) is 6.50. The maximum atomic E-state index is 2.28. The van der Waals surface area contributed by atoms with Gasteiger partial charge in [-0.3, -0.25) is 0 Å². The van der Waals surface area contributed by atoms with Crippen LogP contribution in [0.1, 0.15) is 38.5 Å². The molecule has 0 aromatic carbocycles. The second-order valence-electron chi connectivity index (χ2n) is 3.38. The van der Waals surface area contributed by atoms with Crippen molar-refractivity contribution >= 4 is 0 Å². The van der Waals surface area contributed by atoms with Crippen LogP contribution in [0.25, 0.3) is 0 Å². The minimum Gasteiger partial charge on any atom is -0.0879 e. The number of hydrogen-bond donors (Lipinski definition) is 0. The molecule has 0 spiro atoms. The molecule has 0 heteroatoms. The molecule has 1 aliphatic carbocycles. The van der Waals surface area contributed by atoms with E-state index in [1.54, 1.807) is 0 Å². The molecule has 13 heavy (non-hydrogen) atoms. The lowest BCUT2D eigenvalue weighted by Crippen LogP contribution is -1.75. The van der Waals surface area contributed by atoms with Crippen LogP contribution in [0, 0.1) is 6.42 Å². The van der Waals surface area contributed by atoms with Gasteiger partial charge < -0.3 is 0 Å². The SMILES string of the molecule is [CH]1C=CCCC=CC=CCCCC1. The van der Waals surface area contributed by atoms with E-state index in [0.717, 1.165) is 6.42 Å². The fourth-order valence-electron chi connectivity index (χ4n) is 1.36. The summed E-state index contributed by atoms with van der Waals surface area (Å²) in [7, 11) is 0.